The monoisotopic (exact) mass is 316 g/mol. The fraction of sp³-hybridized carbons (Fsp3) is 0.0625. The molecule has 0 saturated heterocycles. The Kier molecular flexibility index (Phi) is 4.18. The average Bonchev–Trinajstić information content (AvgIpc) is 2.94. The molecule has 21 heavy (non-hydrogen) atoms. The normalized spacial score (nSPS) is 10.7. The molecule has 0 atom stereocenters. The molecule has 0 aliphatic rings. The Morgan fingerprint density at radius 3 is 2.81 bits per heavy atom. The summed E-state index contributed by atoms with van der Waals surface area (Å²) in [6.45, 7) is 0. The van der Waals surface area contributed by atoms with Crippen LogP contribution in [0.4, 0.5) is 5.69 Å². The van der Waals surface area contributed by atoms with Crippen LogP contribution in [0, 0.1) is 0 Å². The van der Waals surface area contributed by atoms with Crippen LogP contribution in [-0.4, -0.2) is 4.98 Å². The van der Waals surface area contributed by atoms with E-state index in [1.54, 1.807) is 18.0 Å². The fourth-order valence-corrected chi connectivity index (χ4v) is 2.91. The van der Waals surface area contributed by atoms with Crippen LogP contribution in [-0.2, 0) is 5.75 Å². The summed E-state index contributed by atoms with van der Waals surface area (Å²) in [7, 11) is 0. The fourth-order valence-electron chi connectivity index (χ4n) is 1.90. The third-order valence-corrected chi connectivity index (χ3v) is 4.10. The van der Waals surface area contributed by atoms with Crippen molar-refractivity contribution in [3.63, 3.8) is 0 Å². The van der Waals surface area contributed by atoms with Crippen LogP contribution in [0.3, 0.4) is 0 Å². The van der Waals surface area contributed by atoms with Crippen LogP contribution in [0.5, 0.6) is 0 Å². The van der Waals surface area contributed by atoms with Crippen molar-refractivity contribution >= 4 is 29.1 Å². The maximum absolute atomic E-state index is 5.98. The van der Waals surface area contributed by atoms with Crippen molar-refractivity contribution in [1.82, 2.24) is 4.98 Å². The van der Waals surface area contributed by atoms with Gasteiger partial charge in [0.2, 0.25) is 5.89 Å². The minimum Gasteiger partial charge on any atom is -0.440 e. The van der Waals surface area contributed by atoms with Crippen molar-refractivity contribution in [2.75, 3.05) is 5.73 Å². The zero-order valence-corrected chi connectivity index (χ0v) is 12.7. The Hall–Kier alpha value is -1.91. The standard InChI is InChI=1S/C16H13ClN2OS/c17-12-4-1-3-11(7-12)15-9-19-16(20-15)10-21-14-6-2-5-13(18)8-14/h1-9H,10,18H2. The van der Waals surface area contributed by atoms with E-state index in [9.17, 15) is 0 Å². The lowest BCUT2D eigenvalue weighted by atomic mass is 10.2. The summed E-state index contributed by atoms with van der Waals surface area (Å²) in [4.78, 5) is 5.39. The lowest BCUT2D eigenvalue weighted by molar-refractivity contribution is 0.530. The summed E-state index contributed by atoms with van der Waals surface area (Å²) < 4.78 is 5.75. The molecular weight excluding hydrogens is 304 g/mol. The van der Waals surface area contributed by atoms with E-state index in [1.165, 1.54) is 0 Å². The molecule has 1 aromatic heterocycles. The smallest absolute Gasteiger partial charge is 0.205 e. The van der Waals surface area contributed by atoms with E-state index in [0.29, 0.717) is 16.7 Å². The van der Waals surface area contributed by atoms with Crippen molar-refractivity contribution in [1.29, 1.82) is 0 Å². The van der Waals surface area contributed by atoms with Gasteiger partial charge in [0.05, 0.1) is 11.9 Å². The number of hydrogen-bond donors (Lipinski definition) is 1. The van der Waals surface area contributed by atoms with E-state index in [2.05, 4.69) is 4.98 Å². The second kappa shape index (κ2) is 6.24. The quantitative estimate of drug-likeness (QED) is 0.551. The highest BCUT2D eigenvalue weighted by atomic mass is 35.5. The van der Waals surface area contributed by atoms with Crippen LogP contribution in [0.15, 0.2) is 64.0 Å². The predicted octanol–water partition coefficient (Wildman–Crippen LogP) is 4.87. The summed E-state index contributed by atoms with van der Waals surface area (Å²) in [5.41, 5.74) is 7.44. The van der Waals surface area contributed by atoms with Gasteiger partial charge in [-0.1, -0.05) is 29.8 Å². The largest absolute Gasteiger partial charge is 0.440 e. The van der Waals surface area contributed by atoms with E-state index >= 15 is 0 Å². The highest BCUT2D eigenvalue weighted by molar-refractivity contribution is 7.98. The second-order valence-electron chi connectivity index (χ2n) is 4.49. The van der Waals surface area contributed by atoms with Crippen LogP contribution >= 0.6 is 23.4 Å². The second-order valence-corrected chi connectivity index (χ2v) is 5.97. The molecule has 0 saturated carbocycles. The minimum absolute atomic E-state index is 0.657. The molecule has 0 aliphatic heterocycles. The van der Waals surface area contributed by atoms with Gasteiger partial charge in [-0.25, -0.2) is 4.98 Å². The first kappa shape index (κ1) is 14.0. The molecule has 0 spiro atoms. The van der Waals surface area contributed by atoms with Crippen molar-refractivity contribution in [2.45, 2.75) is 10.6 Å². The lowest BCUT2D eigenvalue weighted by Crippen LogP contribution is -1.84. The third-order valence-electron chi connectivity index (χ3n) is 2.88. The van der Waals surface area contributed by atoms with Gasteiger partial charge in [-0.2, -0.15) is 0 Å². The summed E-state index contributed by atoms with van der Waals surface area (Å²) in [5.74, 6) is 2.06. The first-order chi connectivity index (χ1) is 10.2. The van der Waals surface area contributed by atoms with Crippen molar-refractivity contribution < 1.29 is 4.42 Å². The maximum atomic E-state index is 5.98. The van der Waals surface area contributed by atoms with Gasteiger partial charge in [0.1, 0.15) is 0 Å². The number of oxazole rings is 1. The van der Waals surface area contributed by atoms with E-state index in [4.69, 9.17) is 21.8 Å². The minimum atomic E-state index is 0.657. The van der Waals surface area contributed by atoms with Crippen molar-refractivity contribution in [3.05, 3.63) is 65.6 Å². The molecule has 0 unspecified atom stereocenters. The molecule has 2 aromatic carbocycles. The first-order valence-electron chi connectivity index (χ1n) is 6.40. The van der Waals surface area contributed by atoms with Crippen LogP contribution in [0.1, 0.15) is 5.89 Å². The molecule has 3 nitrogen and oxygen atoms in total. The number of nitrogen functional groups attached to an aromatic ring is 1. The Balaban J connectivity index is 1.71. The summed E-state index contributed by atoms with van der Waals surface area (Å²) in [5, 5.41) is 0.680. The van der Waals surface area contributed by atoms with Crippen molar-refractivity contribution in [3.8, 4) is 11.3 Å². The zero-order valence-electron chi connectivity index (χ0n) is 11.1. The first-order valence-corrected chi connectivity index (χ1v) is 7.76. The SMILES string of the molecule is Nc1cccc(SCc2ncc(-c3cccc(Cl)c3)o2)c1. The number of benzene rings is 2. The summed E-state index contributed by atoms with van der Waals surface area (Å²) in [6, 6.07) is 15.3. The highest BCUT2D eigenvalue weighted by Gasteiger charge is 2.07. The molecule has 3 rings (SSSR count). The number of halogens is 1. The Morgan fingerprint density at radius 1 is 1.14 bits per heavy atom. The molecule has 1 heterocycles. The van der Waals surface area contributed by atoms with Crippen LogP contribution in [0.25, 0.3) is 11.3 Å². The molecule has 106 valence electrons. The molecule has 5 heteroatoms. The van der Waals surface area contributed by atoms with Gasteiger partial charge in [0.25, 0.3) is 0 Å². The van der Waals surface area contributed by atoms with E-state index < -0.39 is 0 Å². The summed E-state index contributed by atoms with van der Waals surface area (Å²) in [6.07, 6.45) is 1.72. The van der Waals surface area contributed by atoms with E-state index in [0.717, 1.165) is 21.9 Å². The van der Waals surface area contributed by atoms with Gasteiger partial charge >= 0.3 is 0 Å². The summed E-state index contributed by atoms with van der Waals surface area (Å²) >= 11 is 7.62. The van der Waals surface area contributed by atoms with Crippen LogP contribution in [0.2, 0.25) is 5.02 Å². The van der Waals surface area contributed by atoms with Gasteiger partial charge < -0.3 is 10.2 Å². The number of anilines is 1. The topological polar surface area (TPSA) is 52.0 Å². The molecule has 3 aromatic rings. The number of aromatic nitrogens is 1. The highest BCUT2D eigenvalue weighted by Crippen LogP contribution is 2.27. The third kappa shape index (κ3) is 3.60. The van der Waals surface area contributed by atoms with Gasteiger partial charge in [-0.05, 0) is 30.3 Å². The molecule has 2 N–H and O–H groups in total. The Morgan fingerprint density at radius 2 is 2.00 bits per heavy atom. The number of nitrogens with two attached hydrogens (primary N) is 1. The lowest BCUT2D eigenvalue weighted by Gasteiger charge is -2.00. The van der Waals surface area contributed by atoms with Gasteiger partial charge in [0.15, 0.2) is 5.76 Å². The Labute approximate surface area is 132 Å². The molecular formula is C16H13ClN2OS. The number of hydrogen-bond acceptors (Lipinski definition) is 4. The maximum Gasteiger partial charge on any atom is 0.205 e. The average molecular weight is 317 g/mol. The van der Waals surface area contributed by atoms with E-state index in [1.807, 2.05) is 48.5 Å². The number of thioether (sulfide) groups is 1. The van der Waals surface area contributed by atoms with Crippen LogP contribution < -0.4 is 5.73 Å². The van der Waals surface area contributed by atoms with E-state index in [-0.39, 0.29) is 0 Å². The number of nitrogens with zero attached hydrogens (tertiary/aromatic N) is 1. The number of rotatable bonds is 4. The van der Waals surface area contributed by atoms with Gasteiger partial charge in [-0.15, -0.1) is 11.8 Å². The van der Waals surface area contributed by atoms with Gasteiger partial charge in [0, 0.05) is 21.2 Å². The molecule has 0 amide bonds. The predicted molar refractivity (Wildman–Crippen MR) is 87.4 cm³/mol. The van der Waals surface area contributed by atoms with Gasteiger partial charge in [-0.3, -0.25) is 0 Å². The van der Waals surface area contributed by atoms with Crippen molar-refractivity contribution in [2.24, 2.45) is 0 Å². The molecule has 0 aliphatic carbocycles. The zero-order chi connectivity index (χ0) is 14.7. The molecule has 0 radical (unpaired) electrons. The molecule has 0 fully saturated rings. The molecule has 0 bridgehead atoms. The Bertz CT molecular complexity index is 757.